The predicted molar refractivity (Wildman–Crippen MR) is 103 cm³/mol. The molecule has 0 radical (unpaired) electrons. The summed E-state index contributed by atoms with van der Waals surface area (Å²) in [6.07, 6.45) is 2.20. The number of nitrogens with zero attached hydrogens (tertiary/aromatic N) is 4. The molecule has 0 aromatic carbocycles. The topological polar surface area (TPSA) is 88.1 Å². The van der Waals surface area contributed by atoms with Crippen LogP contribution in [0.2, 0.25) is 0 Å². The number of rotatable bonds is 6. The van der Waals surface area contributed by atoms with Crippen LogP contribution in [-0.2, 0) is 10.0 Å². The van der Waals surface area contributed by atoms with Gasteiger partial charge >= 0.3 is 0 Å². The first-order valence-corrected chi connectivity index (χ1v) is 11.9. The zero-order chi connectivity index (χ0) is 20.8. The lowest BCUT2D eigenvalue weighted by Gasteiger charge is -2.30. The van der Waals surface area contributed by atoms with Crippen molar-refractivity contribution in [2.75, 3.05) is 24.7 Å². The van der Waals surface area contributed by atoms with E-state index < -0.39 is 28.0 Å². The summed E-state index contributed by atoms with van der Waals surface area (Å²) >= 11 is 1.06. The second-order valence-corrected chi connectivity index (χ2v) is 10.3. The molecule has 3 heterocycles. The Morgan fingerprint density at radius 3 is 2.48 bits per heavy atom. The fourth-order valence-electron chi connectivity index (χ4n) is 3.28. The normalized spacial score (nSPS) is 19.1. The maximum atomic E-state index is 14.4. The van der Waals surface area contributed by atoms with Gasteiger partial charge in [0.1, 0.15) is 11.4 Å². The summed E-state index contributed by atoms with van der Waals surface area (Å²) in [5.41, 5.74) is -0.627. The minimum absolute atomic E-state index is 0.0387. The number of alkyl halides is 2. The van der Waals surface area contributed by atoms with E-state index >= 15 is 0 Å². The number of thiazole rings is 1. The summed E-state index contributed by atoms with van der Waals surface area (Å²) in [6.45, 7) is 0.722. The Morgan fingerprint density at radius 2 is 1.90 bits per heavy atom. The zero-order valence-corrected chi connectivity index (χ0v) is 17.2. The molecule has 0 atom stereocenters. The van der Waals surface area contributed by atoms with Gasteiger partial charge in [0.05, 0.1) is 22.3 Å². The molecule has 12 heteroatoms. The maximum Gasteiger partial charge on any atom is 0.281 e. The highest BCUT2D eigenvalue weighted by atomic mass is 32.2. The highest BCUT2D eigenvalue weighted by Gasteiger charge is 2.32. The van der Waals surface area contributed by atoms with E-state index in [9.17, 15) is 21.6 Å². The number of hydrogen-bond acceptors (Lipinski definition) is 7. The molecular weight excluding hydrogens is 427 g/mol. The van der Waals surface area contributed by atoms with Crippen molar-refractivity contribution in [2.24, 2.45) is 0 Å². The van der Waals surface area contributed by atoms with Gasteiger partial charge in [-0.05, 0) is 25.7 Å². The first kappa shape index (κ1) is 20.5. The number of sulfonamides is 1. The lowest BCUT2D eigenvalue weighted by atomic mass is 10.1. The van der Waals surface area contributed by atoms with Crippen LogP contribution in [0.15, 0.2) is 6.20 Å². The van der Waals surface area contributed by atoms with Crippen molar-refractivity contribution >= 4 is 27.3 Å². The lowest BCUT2D eigenvalue weighted by Crippen LogP contribution is -2.42. The lowest BCUT2D eigenvalue weighted by molar-refractivity contribution is 0.147. The summed E-state index contributed by atoms with van der Waals surface area (Å²) in [5.74, 6) is -0.482. The summed E-state index contributed by atoms with van der Waals surface area (Å²) in [5, 5.41) is 3.66. The van der Waals surface area contributed by atoms with Crippen molar-refractivity contribution in [2.45, 2.75) is 44.1 Å². The van der Waals surface area contributed by atoms with Crippen LogP contribution in [0.25, 0.3) is 10.6 Å². The Labute approximate surface area is 170 Å². The van der Waals surface area contributed by atoms with E-state index in [4.69, 9.17) is 0 Å². The average molecular weight is 448 g/mol. The smallest absolute Gasteiger partial charge is 0.281 e. The number of halogens is 3. The molecule has 1 aliphatic carbocycles. The standard InChI is InChI=1S/C17H20F3N5O2S2/c1-29(26,27)25-6-4-10(5-7-25)22-17-21-8-11(18)12(24-17)14-13(15(19)20)23-16(28-14)9-2-3-9/h8-10,15H,2-7H2,1H3,(H,21,22,24). The highest BCUT2D eigenvalue weighted by molar-refractivity contribution is 7.88. The first-order chi connectivity index (χ1) is 13.7. The van der Waals surface area contributed by atoms with E-state index in [0.29, 0.717) is 30.9 Å². The second-order valence-electron chi connectivity index (χ2n) is 7.31. The van der Waals surface area contributed by atoms with Gasteiger partial charge in [-0.15, -0.1) is 11.3 Å². The average Bonchev–Trinajstić information content (AvgIpc) is 3.41. The molecule has 7 nitrogen and oxygen atoms in total. The molecule has 1 aliphatic heterocycles. The molecular formula is C17H20F3N5O2S2. The van der Waals surface area contributed by atoms with E-state index in [1.54, 1.807) is 0 Å². The van der Waals surface area contributed by atoms with Crippen LogP contribution in [0.5, 0.6) is 0 Å². The van der Waals surface area contributed by atoms with Crippen LogP contribution in [0.3, 0.4) is 0 Å². The summed E-state index contributed by atoms with van der Waals surface area (Å²) in [7, 11) is -3.24. The van der Waals surface area contributed by atoms with Crippen molar-refractivity contribution in [1.82, 2.24) is 19.3 Å². The number of nitrogens with one attached hydrogen (secondary N) is 1. The Hall–Kier alpha value is -1.79. The quantitative estimate of drug-likeness (QED) is 0.730. The molecule has 1 saturated carbocycles. The molecule has 2 aromatic heterocycles. The third-order valence-electron chi connectivity index (χ3n) is 5.02. The molecule has 1 saturated heterocycles. The molecule has 4 rings (SSSR count). The van der Waals surface area contributed by atoms with E-state index in [2.05, 4.69) is 20.3 Å². The third kappa shape index (κ3) is 4.53. The number of hydrogen-bond donors (Lipinski definition) is 1. The molecule has 0 unspecified atom stereocenters. The highest BCUT2D eigenvalue weighted by Crippen LogP contribution is 2.46. The second kappa shape index (κ2) is 7.80. The van der Waals surface area contributed by atoms with Crippen LogP contribution >= 0.6 is 11.3 Å². The van der Waals surface area contributed by atoms with Crippen LogP contribution < -0.4 is 5.32 Å². The van der Waals surface area contributed by atoms with Crippen molar-refractivity contribution in [1.29, 1.82) is 0 Å². The summed E-state index contributed by atoms with van der Waals surface area (Å²) in [4.78, 5) is 12.1. The molecule has 0 amide bonds. The van der Waals surface area contributed by atoms with Gasteiger partial charge in [0.15, 0.2) is 5.82 Å². The molecule has 158 valence electrons. The molecule has 1 N–H and O–H groups in total. The Balaban J connectivity index is 1.55. The summed E-state index contributed by atoms with van der Waals surface area (Å²) < 4.78 is 65.9. The Kier molecular flexibility index (Phi) is 5.51. The molecule has 29 heavy (non-hydrogen) atoms. The summed E-state index contributed by atoms with van der Waals surface area (Å²) in [6, 6.07) is -0.0932. The van der Waals surface area contributed by atoms with Crippen molar-refractivity contribution < 1.29 is 21.6 Å². The van der Waals surface area contributed by atoms with E-state index in [1.807, 2.05) is 0 Å². The van der Waals surface area contributed by atoms with Crippen molar-refractivity contribution in [3.05, 3.63) is 22.7 Å². The van der Waals surface area contributed by atoms with Crippen molar-refractivity contribution in [3.63, 3.8) is 0 Å². The molecule has 2 aromatic rings. The minimum Gasteiger partial charge on any atom is -0.351 e. The number of piperidine rings is 1. The molecule has 0 spiro atoms. The van der Waals surface area contributed by atoms with Gasteiger partial charge in [0.2, 0.25) is 16.0 Å². The van der Waals surface area contributed by atoms with E-state index in [0.717, 1.165) is 30.4 Å². The van der Waals surface area contributed by atoms with Crippen LogP contribution in [-0.4, -0.2) is 53.1 Å². The minimum atomic E-state index is -3.24. The first-order valence-electron chi connectivity index (χ1n) is 9.25. The largest absolute Gasteiger partial charge is 0.351 e. The number of aromatic nitrogens is 3. The number of anilines is 1. The van der Waals surface area contributed by atoms with Crippen molar-refractivity contribution in [3.8, 4) is 10.6 Å². The zero-order valence-electron chi connectivity index (χ0n) is 15.6. The van der Waals surface area contributed by atoms with Crippen LogP contribution in [0.1, 0.15) is 48.7 Å². The molecule has 2 aliphatic rings. The molecule has 0 bridgehead atoms. The third-order valence-corrected chi connectivity index (χ3v) is 7.56. The Bertz CT molecular complexity index is 1000. The van der Waals surface area contributed by atoms with Crippen LogP contribution in [0.4, 0.5) is 19.1 Å². The monoisotopic (exact) mass is 447 g/mol. The fraction of sp³-hybridized carbons (Fsp3) is 0.588. The van der Waals surface area contributed by atoms with Gasteiger partial charge < -0.3 is 5.32 Å². The maximum absolute atomic E-state index is 14.4. The van der Waals surface area contributed by atoms with Gasteiger partial charge in [0, 0.05) is 25.0 Å². The van der Waals surface area contributed by atoms with Crippen LogP contribution in [0, 0.1) is 5.82 Å². The van der Waals surface area contributed by atoms with Gasteiger partial charge in [-0.2, -0.15) is 0 Å². The van der Waals surface area contributed by atoms with Gasteiger partial charge in [0.25, 0.3) is 6.43 Å². The fourth-order valence-corrected chi connectivity index (χ4v) is 5.39. The van der Waals surface area contributed by atoms with E-state index in [-0.39, 0.29) is 28.5 Å². The predicted octanol–water partition coefficient (Wildman–Crippen LogP) is 3.39. The molecule has 2 fully saturated rings. The van der Waals surface area contributed by atoms with Gasteiger partial charge in [-0.25, -0.2) is 40.8 Å². The Morgan fingerprint density at radius 1 is 1.21 bits per heavy atom. The van der Waals surface area contributed by atoms with Gasteiger partial charge in [-0.1, -0.05) is 0 Å². The van der Waals surface area contributed by atoms with Gasteiger partial charge in [-0.3, -0.25) is 0 Å². The van der Waals surface area contributed by atoms with E-state index in [1.165, 1.54) is 10.6 Å². The SMILES string of the molecule is CS(=O)(=O)N1CCC(Nc2ncc(F)c(-c3sc(C4CC4)nc3C(F)F)n2)CC1.